The van der Waals surface area contributed by atoms with E-state index in [1.807, 2.05) is 11.3 Å². The van der Waals surface area contributed by atoms with Crippen molar-refractivity contribution in [1.82, 2.24) is 4.90 Å². The van der Waals surface area contributed by atoms with Crippen LogP contribution in [0.4, 0.5) is 0 Å². The van der Waals surface area contributed by atoms with E-state index in [4.69, 9.17) is 5.73 Å². The van der Waals surface area contributed by atoms with Crippen molar-refractivity contribution in [1.29, 1.82) is 0 Å². The fourth-order valence-electron chi connectivity index (χ4n) is 1.62. The molecule has 0 saturated heterocycles. The Morgan fingerprint density at radius 3 is 2.67 bits per heavy atom. The molecule has 15 heavy (non-hydrogen) atoms. The molecule has 0 spiro atoms. The maximum Gasteiger partial charge on any atom is 0.0410 e. The van der Waals surface area contributed by atoms with Crippen LogP contribution in [0.2, 0.25) is 0 Å². The van der Waals surface area contributed by atoms with Gasteiger partial charge in [-0.3, -0.25) is 4.90 Å². The summed E-state index contributed by atoms with van der Waals surface area (Å²) in [7, 11) is 2.17. The van der Waals surface area contributed by atoms with Crippen LogP contribution in [0.25, 0.3) is 0 Å². The van der Waals surface area contributed by atoms with Crippen LogP contribution in [-0.4, -0.2) is 25.0 Å². The molecule has 2 N–H and O–H groups in total. The van der Waals surface area contributed by atoms with Gasteiger partial charge in [0.05, 0.1) is 0 Å². The third-order valence-electron chi connectivity index (χ3n) is 2.85. The number of hydrogen-bond donors (Lipinski definition) is 1. The van der Waals surface area contributed by atoms with Crippen molar-refractivity contribution in [3.63, 3.8) is 0 Å². The summed E-state index contributed by atoms with van der Waals surface area (Å²) < 4.78 is 0. The van der Waals surface area contributed by atoms with E-state index in [0.29, 0.717) is 6.04 Å². The van der Waals surface area contributed by atoms with E-state index in [2.05, 4.69) is 50.2 Å². The summed E-state index contributed by atoms with van der Waals surface area (Å²) in [4.78, 5) is 3.80. The summed E-state index contributed by atoms with van der Waals surface area (Å²) in [6.07, 6.45) is 0. The highest BCUT2D eigenvalue weighted by atomic mass is 32.1. The highest BCUT2D eigenvalue weighted by Gasteiger charge is 2.21. The van der Waals surface area contributed by atoms with Gasteiger partial charge in [-0.1, -0.05) is 19.9 Å². The van der Waals surface area contributed by atoms with Crippen molar-refractivity contribution in [2.45, 2.75) is 26.8 Å². The molecule has 0 saturated carbocycles. The first kappa shape index (κ1) is 12.7. The van der Waals surface area contributed by atoms with Crippen LogP contribution in [0.3, 0.4) is 0 Å². The van der Waals surface area contributed by atoms with Crippen molar-refractivity contribution in [2.75, 3.05) is 20.1 Å². The lowest BCUT2D eigenvalue weighted by atomic mass is 9.93. The van der Waals surface area contributed by atoms with Gasteiger partial charge >= 0.3 is 0 Å². The number of thiophene rings is 1. The van der Waals surface area contributed by atoms with Crippen molar-refractivity contribution in [2.24, 2.45) is 11.1 Å². The Bertz CT molecular complexity index is 280. The van der Waals surface area contributed by atoms with Crippen molar-refractivity contribution < 1.29 is 0 Å². The average molecular weight is 226 g/mol. The quantitative estimate of drug-likeness (QED) is 0.836. The molecule has 2 nitrogen and oxygen atoms in total. The van der Waals surface area contributed by atoms with Crippen LogP contribution >= 0.6 is 11.3 Å². The molecule has 3 heteroatoms. The predicted molar refractivity (Wildman–Crippen MR) is 68.2 cm³/mol. The number of nitrogens with two attached hydrogens (primary N) is 1. The molecule has 1 aromatic rings. The molecule has 0 aliphatic rings. The molecule has 86 valence electrons. The van der Waals surface area contributed by atoms with E-state index in [1.54, 1.807) is 0 Å². The molecular formula is C12H22N2S. The first-order valence-electron chi connectivity index (χ1n) is 5.40. The van der Waals surface area contributed by atoms with Gasteiger partial charge in [0.25, 0.3) is 0 Å². The first-order chi connectivity index (χ1) is 6.96. The fraction of sp³-hybridized carbons (Fsp3) is 0.667. The molecule has 1 rings (SSSR count). The minimum absolute atomic E-state index is 0.195. The first-order valence-corrected chi connectivity index (χ1v) is 6.28. The SMILES string of the molecule is CC(c1cccs1)N(C)CC(C)(C)CN. The van der Waals surface area contributed by atoms with Gasteiger partial charge in [-0.05, 0) is 37.4 Å². The Labute approximate surface area is 97.1 Å². The van der Waals surface area contributed by atoms with Crippen molar-refractivity contribution in [3.8, 4) is 0 Å². The minimum Gasteiger partial charge on any atom is -0.330 e. The summed E-state index contributed by atoms with van der Waals surface area (Å²) in [5.41, 5.74) is 5.94. The molecule has 0 amide bonds. The highest BCUT2D eigenvalue weighted by Crippen LogP contribution is 2.26. The summed E-state index contributed by atoms with van der Waals surface area (Å²) >= 11 is 1.82. The standard InChI is InChI=1S/C12H22N2S/c1-10(11-6-5-7-15-11)14(4)9-12(2,3)8-13/h5-7,10H,8-9,13H2,1-4H3. The van der Waals surface area contributed by atoms with Crippen molar-refractivity contribution >= 4 is 11.3 Å². The molecule has 0 aromatic carbocycles. The van der Waals surface area contributed by atoms with E-state index >= 15 is 0 Å². The second-order valence-electron chi connectivity index (χ2n) is 4.97. The topological polar surface area (TPSA) is 29.3 Å². The predicted octanol–water partition coefficient (Wildman–Crippen LogP) is 2.73. The summed E-state index contributed by atoms with van der Waals surface area (Å²) in [6.45, 7) is 8.44. The zero-order valence-corrected chi connectivity index (χ0v) is 11.0. The smallest absolute Gasteiger partial charge is 0.0410 e. The summed E-state index contributed by atoms with van der Waals surface area (Å²) in [5, 5.41) is 2.13. The Kier molecular flexibility index (Phi) is 4.32. The van der Waals surface area contributed by atoms with Gasteiger partial charge in [-0.2, -0.15) is 0 Å². The molecule has 1 aromatic heterocycles. The Hall–Kier alpha value is -0.380. The fourth-order valence-corrected chi connectivity index (χ4v) is 2.47. The highest BCUT2D eigenvalue weighted by molar-refractivity contribution is 7.10. The third kappa shape index (κ3) is 3.59. The second kappa shape index (κ2) is 5.10. The zero-order chi connectivity index (χ0) is 11.5. The zero-order valence-electron chi connectivity index (χ0n) is 10.2. The molecule has 0 radical (unpaired) electrons. The molecule has 0 aliphatic carbocycles. The van der Waals surface area contributed by atoms with E-state index in [1.165, 1.54) is 4.88 Å². The molecule has 1 unspecified atom stereocenters. The summed E-state index contributed by atoms with van der Waals surface area (Å²) in [6, 6.07) is 4.79. The van der Waals surface area contributed by atoms with Gasteiger partial charge in [0.1, 0.15) is 0 Å². The van der Waals surface area contributed by atoms with E-state index in [-0.39, 0.29) is 5.41 Å². The van der Waals surface area contributed by atoms with Crippen molar-refractivity contribution in [3.05, 3.63) is 22.4 Å². The second-order valence-corrected chi connectivity index (χ2v) is 5.95. The van der Waals surface area contributed by atoms with Gasteiger partial charge in [-0.15, -0.1) is 11.3 Å². The van der Waals surface area contributed by atoms with E-state index in [0.717, 1.165) is 13.1 Å². The van der Waals surface area contributed by atoms with E-state index in [9.17, 15) is 0 Å². The molecule has 1 heterocycles. The molecule has 0 bridgehead atoms. The van der Waals surface area contributed by atoms with Gasteiger partial charge in [0, 0.05) is 17.5 Å². The Morgan fingerprint density at radius 1 is 1.53 bits per heavy atom. The lowest BCUT2D eigenvalue weighted by Crippen LogP contribution is -2.37. The lowest BCUT2D eigenvalue weighted by Gasteiger charge is -2.32. The van der Waals surface area contributed by atoms with Gasteiger partial charge in [0.15, 0.2) is 0 Å². The van der Waals surface area contributed by atoms with Crippen LogP contribution in [0.1, 0.15) is 31.7 Å². The molecule has 0 fully saturated rings. The third-order valence-corrected chi connectivity index (χ3v) is 3.89. The number of rotatable bonds is 5. The maximum atomic E-state index is 5.75. The molecular weight excluding hydrogens is 204 g/mol. The lowest BCUT2D eigenvalue weighted by molar-refractivity contribution is 0.176. The monoisotopic (exact) mass is 226 g/mol. The maximum absolute atomic E-state index is 5.75. The number of nitrogens with zero attached hydrogens (tertiary/aromatic N) is 1. The van der Waals surface area contributed by atoms with Gasteiger partial charge in [-0.25, -0.2) is 0 Å². The normalized spacial score (nSPS) is 14.5. The average Bonchev–Trinajstić information content (AvgIpc) is 2.68. The summed E-state index contributed by atoms with van der Waals surface area (Å²) in [5.74, 6) is 0. The van der Waals surface area contributed by atoms with Crippen LogP contribution in [0.15, 0.2) is 17.5 Å². The number of hydrogen-bond acceptors (Lipinski definition) is 3. The van der Waals surface area contributed by atoms with E-state index < -0.39 is 0 Å². The Morgan fingerprint density at radius 2 is 2.20 bits per heavy atom. The Balaban J connectivity index is 2.58. The van der Waals surface area contributed by atoms with Gasteiger partial charge in [0.2, 0.25) is 0 Å². The van der Waals surface area contributed by atoms with Crippen LogP contribution in [0, 0.1) is 5.41 Å². The largest absolute Gasteiger partial charge is 0.330 e. The van der Waals surface area contributed by atoms with Crippen LogP contribution in [-0.2, 0) is 0 Å². The van der Waals surface area contributed by atoms with Crippen LogP contribution in [0.5, 0.6) is 0 Å². The molecule has 0 aliphatic heterocycles. The minimum atomic E-state index is 0.195. The van der Waals surface area contributed by atoms with Gasteiger partial charge < -0.3 is 5.73 Å². The molecule has 1 atom stereocenters. The van der Waals surface area contributed by atoms with Crippen LogP contribution < -0.4 is 5.73 Å².